The van der Waals surface area contributed by atoms with Crippen LogP contribution in [0.5, 0.6) is 0 Å². The summed E-state index contributed by atoms with van der Waals surface area (Å²) in [5, 5.41) is 3.25. The molecule has 1 aliphatic carbocycles. The average Bonchev–Trinajstić information content (AvgIpc) is 3.17. The van der Waals surface area contributed by atoms with Crippen LogP contribution in [0.25, 0.3) is 0 Å². The Morgan fingerprint density at radius 1 is 1.44 bits per heavy atom. The van der Waals surface area contributed by atoms with Gasteiger partial charge in [0.25, 0.3) is 0 Å². The van der Waals surface area contributed by atoms with Gasteiger partial charge in [0.05, 0.1) is 0 Å². The van der Waals surface area contributed by atoms with Gasteiger partial charge in [-0.25, -0.2) is 4.98 Å². The zero-order valence-corrected chi connectivity index (χ0v) is 11.7. The molecule has 0 radical (unpaired) electrons. The SMILES string of the molecule is CCCNc1nccc(N(CC2CC2)C(C)C)n1. The Balaban J connectivity index is 2.07. The topological polar surface area (TPSA) is 41.1 Å². The van der Waals surface area contributed by atoms with Crippen LogP contribution in [0.4, 0.5) is 11.8 Å². The van der Waals surface area contributed by atoms with E-state index in [9.17, 15) is 0 Å². The number of hydrogen-bond donors (Lipinski definition) is 1. The van der Waals surface area contributed by atoms with Crippen molar-refractivity contribution < 1.29 is 0 Å². The van der Waals surface area contributed by atoms with Gasteiger partial charge in [-0.1, -0.05) is 6.92 Å². The van der Waals surface area contributed by atoms with Gasteiger partial charge in [-0.3, -0.25) is 0 Å². The van der Waals surface area contributed by atoms with Crippen molar-refractivity contribution in [2.24, 2.45) is 5.92 Å². The van der Waals surface area contributed by atoms with E-state index in [1.165, 1.54) is 12.8 Å². The van der Waals surface area contributed by atoms with Gasteiger partial charge in [-0.15, -0.1) is 0 Å². The summed E-state index contributed by atoms with van der Waals surface area (Å²) < 4.78 is 0. The number of anilines is 2. The molecule has 0 aliphatic heterocycles. The summed E-state index contributed by atoms with van der Waals surface area (Å²) in [4.78, 5) is 11.3. The van der Waals surface area contributed by atoms with E-state index in [1.54, 1.807) is 0 Å². The summed E-state index contributed by atoms with van der Waals surface area (Å²) >= 11 is 0. The molecule has 18 heavy (non-hydrogen) atoms. The lowest BCUT2D eigenvalue weighted by molar-refractivity contribution is 0.636. The third-order valence-corrected chi connectivity index (χ3v) is 3.24. The van der Waals surface area contributed by atoms with Crippen molar-refractivity contribution in [3.63, 3.8) is 0 Å². The van der Waals surface area contributed by atoms with Crippen LogP contribution in [0.3, 0.4) is 0 Å². The molecule has 1 aromatic rings. The maximum absolute atomic E-state index is 4.62. The highest BCUT2D eigenvalue weighted by Gasteiger charge is 2.26. The maximum atomic E-state index is 4.62. The Labute approximate surface area is 110 Å². The van der Waals surface area contributed by atoms with Crippen molar-refractivity contribution >= 4 is 11.8 Å². The van der Waals surface area contributed by atoms with Gasteiger partial charge in [-0.05, 0) is 45.1 Å². The van der Waals surface area contributed by atoms with Crippen LogP contribution in [0, 0.1) is 5.92 Å². The van der Waals surface area contributed by atoms with Crippen LogP contribution in [0.2, 0.25) is 0 Å². The second-order valence-corrected chi connectivity index (χ2v) is 5.35. The molecule has 0 bridgehead atoms. The first-order chi connectivity index (χ1) is 8.70. The lowest BCUT2D eigenvalue weighted by Crippen LogP contribution is -2.33. The molecule has 100 valence electrons. The van der Waals surface area contributed by atoms with E-state index in [0.717, 1.165) is 37.2 Å². The standard InChI is InChI=1S/C14H24N4/c1-4-8-15-14-16-9-7-13(17-14)18(11(2)3)10-12-5-6-12/h7,9,11-12H,4-6,8,10H2,1-3H3,(H,15,16,17). The van der Waals surface area contributed by atoms with E-state index < -0.39 is 0 Å². The van der Waals surface area contributed by atoms with Gasteiger partial charge in [0.2, 0.25) is 5.95 Å². The van der Waals surface area contributed by atoms with E-state index in [2.05, 4.69) is 41.0 Å². The zero-order chi connectivity index (χ0) is 13.0. The van der Waals surface area contributed by atoms with Crippen molar-refractivity contribution in [1.29, 1.82) is 0 Å². The van der Waals surface area contributed by atoms with Crippen LogP contribution in [-0.4, -0.2) is 29.1 Å². The number of nitrogens with one attached hydrogen (secondary N) is 1. The molecule has 1 saturated carbocycles. The fourth-order valence-electron chi connectivity index (χ4n) is 1.98. The van der Waals surface area contributed by atoms with Crippen molar-refractivity contribution in [2.75, 3.05) is 23.3 Å². The van der Waals surface area contributed by atoms with Crippen molar-refractivity contribution in [2.45, 2.75) is 46.1 Å². The first kappa shape index (κ1) is 13.1. The fraction of sp³-hybridized carbons (Fsp3) is 0.714. The van der Waals surface area contributed by atoms with Crippen molar-refractivity contribution in [3.8, 4) is 0 Å². The number of nitrogens with zero attached hydrogens (tertiary/aromatic N) is 3. The lowest BCUT2D eigenvalue weighted by atomic mass is 10.2. The molecule has 1 N–H and O–H groups in total. The highest BCUT2D eigenvalue weighted by Crippen LogP contribution is 2.31. The Morgan fingerprint density at radius 3 is 2.83 bits per heavy atom. The molecular formula is C14H24N4. The fourth-order valence-corrected chi connectivity index (χ4v) is 1.98. The minimum absolute atomic E-state index is 0.486. The summed E-state index contributed by atoms with van der Waals surface area (Å²) in [6.45, 7) is 8.65. The van der Waals surface area contributed by atoms with Gasteiger partial charge in [0.15, 0.2) is 0 Å². The van der Waals surface area contributed by atoms with E-state index in [0.29, 0.717) is 6.04 Å². The molecule has 1 aromatic heterocycles. The van der Waals surface area contributed by atoms with Gasteiger partial charge >= 0.3 is 0 Å². The summed E-state index contributed by atoms with van der Waals surface area (Å²) in [6.07, 6.45) is 5.68. The smallest absolute Gasteiger partial charge is 0.224 e. The molecule has 4 nitrogen and oxygen atoms in total. The molecule has 0 unspecified atom stereocenters. The van der Waals surface area contributed by atoms with E-state index in [-0.39, 0.29) is 0 Å². The maximum Gasteiger partial charge on any atom is 0.224 e. The van der Waals surface area contributed by atoms with Crippen molar-refractivity contribution in [1.82, 2.24) is 9.97 Å². The molecule has 1 fully saturated rings. The highest BCUT2D eigenvalue weighted by atomic mass is 15.2. The molecule has 4 heteroatoms. The first-order valence-corrected chi connectivity index (χ1v) is 7.04. The normalized spacial score (nSPS) is 14.9. The molecule has 0 amide bonds. The summed E-state index contributed by atoms with van der Waals surface area (Å²) in [7, 11) is 0. The van der Waals surface area contributed by atoms with Gasteiger partial charge in [-0.2, -0.15) is 4.98 Å². The largest absolute Gasteiger partial charge is 0.354 e. The van der Waals surface area contributed by atoms with Crippen LogP contribution < -0.4 is 10.2 Å². The van der Waals surface area contributed by atoms with E-state index in [4.69, 9.17) is 0 Å². The Kier molecular flexibility index (Phi) is 4.39. The number of rotatable bonds is 7. The molecule has 0 aromatic carbocycles. The Hall–Kier alpha value is -1.32. The lowest BCUT2D eigenvalue weighted by Gasteiger charge is -2.28. The third-order valence-electron chi connectivity index (χ3n) is 3.24. The monoisotopic (exact) mass is 248 g/mol. The predicted octanol–water partition coefficient (Wildman–Crippen LogP) is 2.92. The molecule has 1 heterocycles. The minimum atomic E-state index is 0.486. The third kappa shape index (κ3) is 3.59. The van der Waals surface area contributed by atoms with Crippen LogP contribution in [0.15, 0.2) is 12.3 Å². The second-order valence-electron chi connectivity index (χ2n) is 5.35. The molecule has 0 atom stereocenters. The average molecular weight is 248 g/mol. The van der Waals surface area contributed by atoms with E-state index >= 15 is 0 Å². The first-order valence-electron chi connectivity index (χ1n) is 7.04. The van der Waals surface area contributed by atoms with Gasteiger partial charge < -0.3 is 10.2 Å². The summed E-state index contributed by atoms with van der Waals surface area (Å²) in [5.74, 6) is 2.66. The number of aromatic nitrogens is 2. The quantitative estimate of drug-likeness (QED) is 0.805. The second kappa shape index (κ2) is 6.03. The molecule has 0 spiro atoms. The molecule has 0 saturated heterocycles. The van der Waals surface area contributed by atoms with Gasteiger partial charge in [0, 0.05) is 25.3 Å². The Morgan fingerprint density at radius 2 is 2.22 bits per heavy atom. The zero-order valence-electron chi connectivity index (χ0n) is 11.7. The molecule has 2 rings (SSSR count). The molecule has 1 aliphatic rings. The van der Waals surface area contributed by atoms with Gasteiger partial charge in [0.1, 0.15) is 5.82 Å². The Bertz CT molecular complexity index is 374. The van der Waals surface area contributed by atoms with Crippen LogP contribution in [0.1, 0.15) is 40.0 Å². The highest BCUT2D eigenvalue weighted by molar-refractivity contribution is 5.43. The summed E-state index contributed by atoms with van der Waals surface area (Å²) in [5.41, 5.74) is 0. The molecular weight excluding hydrogens is 224 g/mol. The van der Waals surface area contributed by atoms with Crippen LogP contribution in [-0.2, 0) is 0 Å². The van der Waals surface area contributed by atoms with Crippen molar-refractivity contribution in [3.05, 3.63) is 12.3 Å². The minimum Gasteiger partial charge on any atom is -0.354 e. The van der Waals surface area contributed by atoms with Crippen LogP contribution >= 0.6 is 0 Å². The summed E-state index contributed by atoms with van der Waals surface area (Å²) in [6, 6.07) is 2.50. The van der Waals surface area contributed by atoms with E-state index in [1.807, 2.05) is 12.3 Å². The number of hydrogen-bond acceptors (Lipinski definition) is 4. The predicted molar refractivity (Wildman–Crippen MR) is 76.0 cm³/mol.